The Labute approximate surface area is 172 Å². The van der Waals surface area contributed by atoms with Gasteiger partial charge in [0.15, 0.2) is 6.61 Å². The van der Waals surface area contributed by atoms with E-state index in [4.69, 9.17) is 9.15 Å². The Hall–Kier alpha value is -3.75. The van der Waals surface area contributed by atoms with Gasteiger partial charge in [0.2, 0.25) is 5.89 Å². The molecule has 1 saturated heterocycles. The summed E-state index contributed by atoms with van der Waals surface area (Å²) < 4.78 is 10.9. The van der Waals surface area contributed by atoms with E-state index in [9.17, 15) is 14.9 Å². The van der Waals surface area contributed by atoms with Crippen molar-refractivity contribution in [3.8, 4) is 11.5 Å². The number of ether oxygens (including phenoxy) is 1. The first kappa shape index (κ1) is 19.6. The number of aromatic nitrogens is 2. The number of hydrogen-bond acceptors (Lipinski definition) is 8. The fraction of sp³-hybridized carbons (Fsp3) is 0.286. The molecular weight excluding hydrogens is 388 g/mol. The lowest BCUT2D eigenvalue weighted by Crippen LogP contribution is -2.37. The van der Waals surface area contributed by atoms with Gasteiger partial charge in [-0.2, -0.15) is 0 Å². The fourth-order valence-electron chi connectivity index (χ4n) is 3.50. The van der Waals surface area contributed by atoms with Gasteiger partial charge in [-0.05, 0) is 31.0 Å². The highest BCUT2D eigenvalue weighted by molar-refractivity contribution is 5.73. The van der Waals surface area contributed by atoms with Gasteiger partial charge in [0.05, 0.1) is 10.8 Å². The van der Waals surface area contributed by atoms with Gasteiger partial charge in [-0.25, -0.2) is 0 Å². The molecule has 30 heavy (non-hydrogen) atoms. The van der Waals surface area contributed by atoms with Crippen LogP contribution in [0.2, 0.25) is 0 Å². The van der Waals surface area contributed by atoms with Crippen LogP contribution in [0.3, 0.4) is 0 Å². The minimum Gasteiger partial charge on any atom is -0.455 e. The zero-order valence-corrected chi connectivity index (χ0v) is 16.1. The highest BCUT2D eigenvalue weighted by atomic mass is 16.6. The number of hydrogen-bond donors (Lipinski definition) is 0. The molecule has 9 nitrogen and oxygen atoms in total. The molecule has 0 aliphatic carbocycles. The molecule has 1 aliphatic heterocycles. The van der Waals surface area contributed by atoms with Crippen LogP contribution in [-0.4, -0.2) is 34.2 Å². The number of para-hydroxylation sites is 2. The molecule has 0 spiro atoms. The zero-order valence-electron chi connectivity index (χ0n) is 16.1. The minimum atomic E-state index is -0.385. The van der Waals surface area contributed by atoms with E-state index in [-0.39, 0.29) is 35.0 Å². The van der Waals surface area contributed by atoms with Gasteiger partial charge in [0, 0.05) is 24.7 Å². The highest BCUT2D eigenvalue weighted by Crippen LogP contribution is 2.31. The molecule has 0 amide bonds. The standard InChI is InChI=1S/C21H20N4O5/c26-21(29-14-19-22-23-20(30-19)15-6-2-1-3-7-15)16-10-12-24(13-11-16)17-8-4-5-9-18(17)25(27)28/h1-9,16H,10-14H2. The first-order chi connectivity index (χ1) is 14.6. The molecule has 0 N–H and O–H groups in total. The quantitative estimate of drug-likeness (QED) is 0.345. The van der Waals surface area contributed by atoms with Crippen LogP contribution in [-0.2, 0) is 16.1 Å². The molecule has 1 fully saturated rings. The first-order valence-electron chi connectivity index (χ1n) is 9.64. The van der Waals surface area contributed by atoms with Crippen molar-refractivity contribution in [2.45, 2.75) is 19.4 Å². The molecule has 0 atom stereocenters. The SMILES string of the molecule is O=C(OCc1nnc(-c2ccccc2)o1)C1CCN(c2ccccc2[N+](=O)[O-])CC1. The second-order valence-corrected chi connectivity index (χ2v) is 6.98. The summed E-state index contributed by atoms with van der Waals surface area (Å²) in [5, 5.41) is 19.1. The lowest BCUT2D eigenvalue weighted by atomic mass is 9.96. The molecule has 1 aliphatic rings. The maximum Gasteiger partial charge on any atom is 0.309 e. The fourth-order valence-corrected chi connectivity index (χ4v) is 3.50. The molecule has 2 heterocycles. The second-order valence-electron chi connectivity index (χ2n) is 6.98. The van der Waals surface area contributed by atoms with E-state index in [0.717, 1.165) is 5.56 Å². The Bertz CT molecular complexity index is 1030. The van der Waals surface area contributed by atoms with Crippen LogP contribution >= 0.6 is 0 Å². The third kappa shape index (κ3) is 4.29. The molecule has 1 aromatic heterocycles. The van der Waals surface area contributed by atoms with Crippen LogP contribution in [0.25, 0.3) is 11.5 Å². The summed E-state index contributed by atoms with van der Waals surface area (Å²) >= 11 is 0. The lowest BCUT2D eigenvalue weighted by molar-refractivity contribution is -0.384. The average Bonchev–Trinajstić information content (AvgIpc) is 3.27. The van der Waals surface area contributed by atoms with E-state index in [1.54, 1.807) is 18.2 Å². The van der Waals surface area contributed by atoms with Crippen LogP contribution < -0.4 is 4.90 Å². The van der Waals surface area contributed by atoms with E-state index in [0.29, 0.717) is 37.5 Å². The van der Waals surface area contributed by atoms with Crippen molar-refractivity contribution in [1.82, 2.24) is 10.2 Å². The van der Waals surface area contributed by atoms with Crippen molar-refractivity contribution in [2.24, 2.45) is 5.92 Å². The summed E-state index contributed by atoms with van der Waals surface area (Å²) in [6.07, 6.45) is 1.12. The Morgan fingerprint density at radius 1 is 1.10 bits per heavy atom. The van der Waals surface area contributed by atoms with Crippen molar-refractivity contribution < 1.29 is 18.9 Å². The van der Waals surface area contributed by atoms with Gasteiger partial charge < -0.3 is 14.1 Å². The molecule has 9 heteroatoms. The summed E-state index contributed by atoms with van der Waals surface area (Å²) in [4.78, 5) is 25.2. The summed E-state index contributed by atoms with van der Waals surface area (Å²) in [5.74, 6) is 0.0242. The largest absolute Gasteiger partial charge is 0.455 e. The van der Waals surface area contributed by atoms with Crippen LogP contribution in [0.4, 0.5) is 11.4 Å². The van der Waals surface area contributed by atoms with Crippen LogP contribution in [0.5, 0.6) is 0 Å². The normalized spacial score (nSPS) is 14.5. The Morgan fingerprint density at radius 3 is 2.53 bits per heavy atom. The maximum absolute atomic E-state index is 12.4. The van der Waals surface area contributed by atoms with Crippen molar-refractivity contribution in [2.75, 3.05) is 18.0 Å². The van der Waals surface area contributed by atoms with Gasteiger partial charge in [0.1, 0.15) is 5.69 Å². The number of nitro benzene ring substituents is 1. The summed E-state index contributed by atoms with van der Waals surface area (Å²) in [5.41, 5.74) is 1.45. The zero-order chi connectivity index (χ0) is 20.9. The van der Waals surface area contributed by atoms with Crippen molar-refractivity contribution in [1.29, 1.82) is 0 Å². The van der Waals surface area contributed by atoms with Gasteiger partial charge in [0.25, 0.3) is 11.6 Å². The van der Waals surface area contributed by atoms with Crippen LogP contribution in [0.15, 0.2) is 59.0 Å². The molecule has 0 unspecified atom stereocenters. The number of rotatable bonds is 6. The highest BCUT2D eigenvalue weighted by Gasteiger charge is 2.29. The van der Waals surface area contributed by atoms with Crippen molar-refractivity contribution in [3.63, 3.8) is 0 Å². The van der Waals surface area contributed by atoms with Crippen LogP contribution in [0, 0.1) is 16.0 Å². The van der Waals surface area contributed by atoms with Crippen LogP contribution in [0.1, 0.15) is 18.7 Å². The number of nitro groups is 1. The summed E-state index contributed by atoms with van der Waals surface area (Å²) in [6.45, 7) is 1.01. The Balaban J connectivity index is 1.30. The number of benzene rings is 2. The predicted octanol–water partition coefficient (Wildman–Crippen LogP) is 3.60. The molecule has 4 rings (SSSR count). The Morgan fingerprint density at radius 2 is 1.80 bits per heavy atom. The molecular formula is C21H20N4O5. The number of carbonyl (C=O) groups excluding carboxylic acids is 1. The number of anilines is 1. The summed E-state index contributed by atoms with van der Waals surface area (Å²) in [6, 6.07) is 16.0. The van der Waals surface area contributed by atoms with Gasteiger partial charge in [-0.1, -0.05) is 30.3 Å². The van der Waals surface area contributed by atoms with E-state index < -0.39 is 0 Å². The smallest absolute Gasteiger partial charge is 0.309 e. The average molecular weight is 408 g/mol. The predicted molar refractivity (Wildman–Crippen MR) is 108 cm³/mol. The second kappa shape index (κ2) is 8.73. The molecule has 154 valence electrons. The number of nitrogens with zero attached hydrogens (tertiary/aromatic N) is 4. The number of carbonyl (C=O) groups is 1. The maximum atomic E-state index is 12.4. The van der Waals surface area contributed by atoms with Gasteiger partial charge in [-0.15, -0.1) is 10.2 Å². The third-order valence-electron chi connectivity index (χ3n) is 5.07. The number of piperidine rings is 1. The van der Waals surface area contributed by atoms with Gasteiger partial charge >= 0.3 is 5.97 Å². The minimum absolute atomic E-state index is 0.0733. The third-order valence-corrected chi connectivity index (χ3v) is 5.07. The van der Waals surface area contributed by atoms with E-state index in [1.807, 2.05) is 35.2 Å². The summed E-state index contributed by atoms with van der Waals surface area (Å²) in [7, 11) is 0. The van der Waals surface area contributed by atoms with E-state index in [1.165, 1.54) is 6.07 Å². The van der Waals surface area contributed by atoms with Crippen molar-refractivity contribution >= 4 is 17.3 Å². The lowest BCUT2D eigenvalue weighted by Gasteiger charge is -2.32. The first-order valence-corrected chi connectivity index (χ1v) is 9.64. The van der Waals surface area contributed by atoms with Gasteiger partial charge in [-0.3, -0.25) is 14.9 Å². The molecule has 0 saturated carbocycles. The topological polar surface area (TPSA) is 112 Å². The molecule has 0 bridgehead atoms. The van der Waals surface area contributed by atoms with Crippen molar-refractivity contribution in [3.05, 3.63) is 70.6 Å². The van der Waals surface area contributed by atoms with E-state index in [2.05, 4.69) is 10.2 Å². The molecule has 0 radical (unpaired) electrons. The monoisotopic (exact) mass is 408 g/mol. The Kier molecular flexibility index (Phi) is 5.69. The number of esters is 1. The van der Waals surface area contributed by atoms with E-state index >= 15 is 0 Å². The molecule has 2 aromatic carbocycles. The molecule has 3 aromatic rings.